The van der Waals surface area contributed by atoms with Crippen LogP contribution in [0, 0.1) is 0 Å². The molecule has 0 aliphatic heterocycles. The lowest BCUT2D eigenvalue weighted by atomic mass is 9.88. The molecular formula is C44H24. The molecule has 44 heavy (non-hydrogen) atoms. The summed E-state index contributed by atoms with van der Waals surface area (Å²) in [5.74, 6) is 0. The number of rotatable bonds is 0. The number of hydrogen-bond donors (Lipinski definition) is 0. The first-order valence-corrected chi connectivity index (χ1v) is 15.1. The van der Waals surface area contributed by atoms with Crippen LogP contribution >= 0.6 is 0 Å². The number of fused-ring (bicyclic) bond motifs is 12. The van der Waals surface area contributed by atoms with Crippen molar-refractivity contribution in [1.29, 1.82) is 0 Å². The lowest BCUT2D eigenvalue weighted by molar-refractivity contribution is 1.15. The Morgan fingerprint density at radius 1 is 0.295 bits per heavy atom. The first-order chi connectivity index (χ1) is 21.8. The van der Waals surface area contributed by atoms with E-state index in [4.69, 9.17) is 0 Å². The largest absolute Gasteiger partial charge is 0.111 e. The summed E-state index contributed by atoms with van der Waals surface area (Å²) < 4.78 is 0. The van der Waals surface area contributed by atoms with Crippen LogP contribution in [0.15, 0.2) is 232 Å². The van der Waals surface area contributed by atoms with Crippen molar-refractivity contribution in [3.63, 3.8) is 0 Å². The van der Waals surface area contributed by atoms with E-state index in [1.807, 2.05) is 24.3 Å². The highest BCUT2D eigenvalue weighted by molar-refractivity contribution is 5.74. The predicted molar refractivity (Wildman–Crippen MR) is 176 cm³/mol. The number of hydrogen-bond acceptors (Lipinski definition) is 0. The van der Waals surface area contributed by atoms with E-state index in [0.29, 0.717) is 6.42 Å². The van der Waals surface area contributed by atoms with Gasteiger partial charge in [-0.2, -0.15) is 0 Å². The summed E-state index contributed by atoms with van der Waals surface area (Å²) in [5, 5.41) is 0. The lowest BCUT2D eigenvalue weighted by Gasteiger charge is -2.12. The smallest absolute Gasteiger partial charge is 0.0359 e. The molecule has 0 aromatic rings. The van der Waals surface area contributed by atoms with Gasteiger partial charge in [0, 0.05) is 115 Å². The highest BCUT2D eigenvalue weighted by Crippen LogP contribution is 2.47. The highest BCUT2D eigenvalue weighted by atomic mass is 14.3. The molecule has 0 aromatic heterocycles. The molecule has 0 atom stereocenters. The number of allylic oxidation sites excluding steroid dienone is 24. The van der Waals surface area contributed by atoms with E-state index in [1.165, 1.54) is 44.6 Å². The predicted octanol–water partition coefficient (Wildman–Crippen LogP) is 9.73. The van der Waals surface area contributed by atoms with Crippen LogP contribution in [0.25, 0.3) is 0 Å². The standard InChI is InChI=1S/C44H24/c1-5-13-37-29-21-30(38(37)14-6-1)26-32-23-34(42-18-10-3-8-16-40(32)42)28-36-24-35(43-19-11-4-12-20-44(36)43)27-33-22-31(25-29)39-15-7-2-9-17-41(33)39/h1-13,15-16,19H,25-28H2/i25+0,26+0,27+0,28+0. The minimum Gasteiger partial charge on any atom is -0.111 e. The van der Waals surface area contributed by atoms with Crippen LogP contribution < -0.4 is 0 Å². The maximum absolute atomic E-state index is 3.86. The second-order valence-corrected chi connectivity index (χ2v) is 11.6. The summed E-state index contributed by atoms with van der Waals surface area (Å²) in [5.41, 5.74) is 48.2. The molecule has 0 radical (unpaired) electrons. The summed E-state index contributed by atoms with van der Waals surface area (Å²) in [7, 11) is 0. The molecule has 9 aliphatic rings. The third kappa shape index (κ3) is 3.95. The van der Waals surface area contributed by atoms with Gasteiger partial charge in [-0.05, 0) is 24.3 Å². The molecule has 9 rings (SSSR count). The van der Waals surface area contributed by atoms with Gasteiger partial charge in [-0.25, -0.2) is 0 Å². The molecule has 0 saturated heterocycles. The zero-order valence-corrected chi connectivity index (χ0v) is 24.1. The molecular weight excluding hydrogens is 528 g/mol. The van der Waals surface area contributed by atoms with Crippen molar-refractivity contribution >= 4 is 0 Å². The Hall–Kier alpha value is -5.92. The van der Waals surface area contributed by atoms with E-state index < -0.39 is 0 Å². The van der Waals surface area contributed by atoms with Crippen LogP contribution in [0.1, 0.15) is 25.7 Å². The minimum atomic E-state index is 0.712. The van der Waals surface area contributed by atoms with Gasteiger partial charge < -0.3 is 0 Å². The Labute approximate surface area is 257 Å². The van der Waals surface area contributed by atoms with Gasteiger partial charge in [-0.15, -0.1) is 45.8 Å². The van der Waals surface area contributed by atoms with Crippen LogP contribution in [0.4, 0.5) is 0 Å². The van der Waals surface area contributed by atoms with Crippen molar-refractivity contribution in [1.82, 2.24) is 0 Å². The third-order valence-electron chi connectivity index (χ3n) is 9.00. The van der Waals surface area contributed by atoms with Gasteiger partial charge >= 0.3 is 0 Å². The average molecular weight is 553 g/mol. The van der Waals surface area contributed by atoms with Gasteiger partial charge in [0.2, 0.25) is 0 Å². The Morgan fingerprint density at radius 2 is 0.545 bits per heavy atom. The second-order valence-electron chi connectivity index (χ2n) is 11.6. The Morgan fingerprint density at radius 3 is 0.841 bits per heavy atom. The molecule has 200 valence electrons. The van der Waals surface area contributed by atoms with Gasteiger partial charge in [0.25, 0.3) is 0 Å². The maximum atomic E-state index is 3.86. The zero-order chi connectivity index (χ0) is 29.0. The monoisotopic (exact) mass is 552 g/mol. The van der Waals surface area contributed by atoms with E-state index >= 15 is 0 Å². The van der Waals surface area contributed by atoms with E-state index in [1.54, 1.807) is 0 Å². The fourth-order valence-corrected chi connectivity index (χ4v) is 7.05. The van der Waals surface area contributed by atoms with Crippen LogP contribution in [0.2, 0.25) is 0 Å². The molecule has 0 saturated carbocycles. The molecule has 0 nitrogen and oxygen atoms in total. The lowest BCUT2D eigenvalue weighted by Crippen LogP contribution is -1.97. The van der Waals surface area contributed by atoms with Crippen molar-refractivity contribution in [2.24, 2.45) is 0 Å². The summed E-state index contributed by atoms with van der Waals surface area (Å²) in [4.78, 5) is 0. The summed E-state index contributed by atoms with van der Waals surface area (Å²) in [6.07, 6.45) is 36.4. The van der Waals surface area contributed by atoms with Gasteiger partial charge in [-0.1, -0.05) is 72.9 Å². The van der Waals surface area contributed by atoms with Crippen molar-refractivity contribution < 1.29 is 0 Å². The SMILES string of the molecule is C1=C2[12CH2]C3=C=C([12CH2]C4=C=C([12CH2]C5=C=C([12CH2]C=1C1=CC=CC=C=C21)C1=C=CC=CC=C51)C1=CC=CC=C=C41)C1=CC=CC=C=C31. The molecule has 0 heteroatoms. The molecule has 0 spiro atoms. The topological polar surface area (TPSA) is 0 Å². The van der Waals surface area contributed by atoms with Gasteiger partial charge in [0.1, 0.15) is 0 Å². The van der Waals surface area contributed by atoms with Crippen molar-refractivity contribution in [2.45, 2.75) is 25.7 Å². The van der Waals surface area contributed by atoms with E-state index in [9.17, 15) is 0 Å². The molecule has 0 N–H and O–H groups in total. The van der Waals surface area contributed by atoms with Gasteiger partial charge in [0.05, 0.1) is 0 Å². The molecule has 0 aromatic carbocycles. The fraction of sp³-hybridized carbons (Fsp3) is 0.0909. The first kappa shape index (κ1) is 24.7. The zero-order valence-electron chi connectivity index (χ0n) is 24.1. The second kappa shape index (κ2) is 9.83. The molecule has 0 heterocycles. The van der Waals surface area contributed by atoms with E-state index in [2.05, 4.69) is 119 Å². The van der Waals surface area contributed by atoms with Crippen molar-refractivity contribution in [2.75, 3.05) is 0 Å². The van der Waals surface area contributed by atoms with E-state index in [0.717, 1.165) is 63.8 Å². The summed E-state index contributed by atoms with van der Waals surface area (Å²) >= 11 is 0. The fourth-order valence-electron chi connectivity index (χ4n) is 7.05. The molecule has 0 unspecified atom stereocenters. The van der Waals surface area contributed by atoms with Crippen molar-refractivity contribution in [3.8, 4) is 0 Å². The van der Waals surface area contributed by atoms with Crippen LogP contribution in [-0.4, -0.2) is 0 Å². The Kier molecular flexibility index (Phi) is 5.51. The highest BCUT2D eigenvalue weighted by Gasteiger charge is 2.32. The molecule has 0 amide bonds. The molecule has 9 aliphatic carbocycles. The van der Waals surface area contributed by atoms with Crippen LogP contribution in [-0.2, 0) is 0 Å². The van der Waals surface area contributed by atoms with Crippen molar-refractivity contribution in [3.05, 3.63) is 232 Å². The minimum absolute atomic E-state index is 0.712. The van der Waals surface area contributed by atoms with Gasteiger partial charge in [-0.3, -0.25) is 0 Å². The third-order valence-corrected chi connectivity index (χ3v) is 9.00. The Bertz CT molecular complexity index is 2220. The van der Waals surface area contributed by atoms with Crippen LogP contribution in [0.3, 0.4) is 0 Å². The maximum Gasteiger partial charge on any atom is 0.0359 e. The summed E-state index contributed by atoms with van der Waals surface area (Å²) in [6, 6.07) is 0. The average Bonchev–Trinajstić information content (AvgIpc) is 3.41. The van der Waals surface area contributed by atoms with Gasteiger partial charge in [0.15, 0.2) is 0 Å². The quantitative estimate of drug-likeness (QED) is 0.263. The summed E-state index contributed by atoms with van der Waals surface area (Å²) in [6.45, 7) is 0. The Balaban J connectivity index is 1.30. The van der Waals surface area contributed by atoms with E-state index in [-0.39, 0.29) is 0 Å². The first-order valence-electron chi connectivity index (χ1n) is 15.1. The van der Waals surface area contributed by atoms with Crippen LogP contribution in [0.5, 0.6) is 0 Å². The molecule has 0 fully saturated rings. The molecule has 8 bridgehead atoms. The normalized spacial score (nSPS) is 22.5.